The molecule has 0 bridgehead atoms. The van der Waals surface area contributed by atoms with Crippen molar-refractivity contribution in [1.82, 2.24) is 10.2 Å². The number of aryl methyl sites for hydroxylation is 1. The Hall–Kier alpha value is -1.42. The third-order valence-electron chi connectivity index (χ3n) is 3.75. The molecule has 0 saturated carbocycles. The first kappa shape index (κ1) is 15.0. The summed E-state index contributed by atoms with van der Waals surface area (Å²) < 4.78 is 13.4. The molecule has 1 aromatic rings. The van der Waals surface area contributed by atoms with E-state index in [4.69, 9.17) is 0 Å². The Morgan fingerprint density at radius 3 is 2.65 bits per heavy atom. The summed E-state index contributed by atoms with van der Waals surface area (Å²) in [5.41, 5.74) is 1.25. The smallest absolute Gasteiger partial charge is 0.253 e. The number of amides is 1. The monoisotopic (exact) mass is 278 g/mol. The van der Waals surface area contributed by atoms with Gasteiger partial charge in [-0.05, 0) is 56.5 Å². The Morgan fingerprint density at radius 1 is 1.35 bits per heavy atom. The summed E-state index contributed by atoms with van der Waals surface area (Å²) in [5.74, 6) is -0.394. The lowest BCUT2D eigenvalue weighted by Crippen LogP contribution is -2.45. The summed E-state index contributed by atoms with van der Waals surface area (Å²) in [5, 5.41) is 3.49. The Morgan fingerprint density at radius 2 is 2.05 bits per heavy atom. The number of carbonyl (C=O) groups excluding carboxylic acids is 1. The molecule has 1 aromatic carbocycles. The number of rotatable bonds is 4. The second kappa shape index (κ2) is 6.84. The van der Waals surface area contributed by atoms with Crippen molar-refractivity contribution in [1.29, 1.82) is 0 Å². The summed E-state index contributed by atoms with van der Waals surface area (Å²) in [6.45, 7) is 6.48. The molecule has 4 heteroatoms. The molecule has 1 N–H and O–H groups in total. The lowest BCUT2D eigenvalue weighted by atomic mass is 10.0. The highest BCUT2D eigenvalue weighted by Gasteiger charge is 2.23. The fourth-order valence-electron chi connectivity index (χ4n) is 2.68. The summed E-state index contributed by atoms with van der Waals surface area (Å²) in [7, 11) is 0. The fraction of sp³-hybridized carbons (Fsp3) is 0.562. The summed E-state index contributed by atoms with van der Waals surface area (Å²) in [4.78, 5) is 14.2. The lowest BCUT2D eigenvalue weighted by Gasteiger charge is -2.32. The Labute approximate surface area is 120 Å². The Bertz CT molecular complexity index is 447. The minimum absolute atomic E-state index is 0.0541. The predicted molar refractivity (Wildman–Crippen MR) is 78.4 cm³/mol. The topological polar surface area (TPSA) is 32.3 Å². The van der Waals surface area contributed by atoms with Gasteiger partial charge in [0.25, 0.3) is 5.91 Å². The molecule has 110 valence electrons. The van der Waals surface area contributed by atoms with Gasteiger partial charge in [-0.3, -0.25) is 4.79 Å². The van der Waals surface area contributed by atoms with Gasteiger partial charge in [-0.15, -0.1) is 0 Å². The number of piperidine rings is 1. The molecule has 0 spiro atoms. The van der Waals surface area contributed by atoms with Gasteiger partial charge in [0.1, 0.15) is 5.82 Å². The zero-order valence-corrected chi connectivity index (χ0v) is 12.3. The van der Waals surface area contributed by atoms with Crippen LogP contribution in [-0.2, 0) is 0 Å². The van der Waals surface area contributed by atoms with Crippen LogP contribution in [-0.4, -0.2) is 36.5 Å². The molecule has 0 aliphatic carbocycles. The molecule has 0 aromatic heterocycles. The molecule has 1 amide bonds. The van der Waals surface area contributed by atoms with E-state index in [1.807, 2.05) is 4.90 Å². The second-order valence-corrected chi connectivity index (χ2v) is 5.54. The van der Waals surface area contributed by atoms with Gasteiger partial charge in [-0.25, -0.2) is 4.39 Å². The van der Waals surface area contributed by atoms with E-state index < -0.39 is 0 Å². The molecular formula is C16H23FN2O. The zero-order chi connectivity index (χ0) is 14.5. The van der Waals surface area contributed by atoms with E-state index in [-0.39, 0.29) is 11.7 Å². The molecular weight excluding hydrogens is 255 g/mol. The third kappa shape index (κ3) is 3.79. The highest BCUT2D eigenvalue weighted by atomic mass is 19.1. The second-order valence-electron chi connectivity index (χ2n) is 5.54. The van der Waals surface area contributed by atoms with Crippen molar-refractivity contribution in [2.24, 2.45) is 0 Å². The minimum atomic E-state index is -0.340. The largest absolute Gasteiger partial charge is 0.339 e. The van der Waals surface area contributed by atoms with Gasteiger partial charge in [-0.2, -0.15) is 0 Å². The molecule has 1 saturated heterocycles. The van der Waals surface area contributed by atoms with Crippen LogP contribution in [0, 0.1) is 12.7 Å². The SMILES string of the molecule is CCCNC1CCN(C(=O)c2cc(C)cc(F)c2)CC1. The van der Waals surface area contributed by atoms with Crippen LogP contribution in [0.2, 0.25) is 0 Å². The average molecular weight is 278 g/mol. The van der Waals surface area contributed by atoms with Crippen molar-refractivity contribution in [2.45, 2.75) is 39.2 Å². The van der Waals surface area contributed by atoms with Crippen molar-refractivity contribution < 1.29 is 9.18 Å². The standard InChI is InChI=1S/C16H23FN2O/c1-3-6-18-15-4-7-19(8-5-15)16(20)13-9-12(2)10-14(17)11-13/h9-11,15,18H,3-8H2,1-2H3. The van der Waals surface area contributed by atoms with Crippen molar-refractivity contribution in [3.8, 4) is 0 Å². The van der Waals surface area contributed by atoms with Crippen LogP contribution in [0.4, 0.5) is 4.39 Å². The van der Waals surface area contributed by atoms with Gasteiger partial charge in [0.05, 0.1) is 0 Å². The van der Waals surface area contributed by atoms with E-state index >= 15 is 0 Å². The summed E-state index contributed by atoms with van der Waals surface area (Å²) >= 11 is 0. The quantitative estimate of drug-likeness (QED) is 0.918. The van der Waals surface area contributed by atoms with E-state index in [9.17, 15) is 9.18 Å². The minimum Gasteiger partial charge on any atom is -0.339 e. The van der Waals surface area contributed by atoms with Gasteiger partial charge in [0.15, 0.2) is 0 Å². The molecule has 0 unspecified atom stereocenters. The fourth-order valence-corrected chi connectivity index (χ4v) is 2.68. The molecule has 2 rings (SSSR count). The van der Waals surface area contributed by atoms with Gasteiger partial charge in [-0.1, -0.05) is 6.92 Å². The van der Waals surface area contributed by atoms with Crippen molar-refractivity contribution in [3.05, 3.63) is 35.1 Å². The lowest BCUT2D eigenvalue weighted by molar-refractivity contribution is 0.0705. The molecule has 0 radical (unpaired) electrons. The number of hydrogen-bond donors (Lipinski definition) is 1. The first-order chi connectivity index (χ1) is 9.60. The van der Waals surface area contributed by atoms with E-state index in [0.29, 0.717) is 11.6 Å². The number of likely N-dealkylation sites (tertiary alicyclic amines) is 1. The van der Waals surface area contributed by atoms with Gasteiger partial charge in [0, 0.05) is 24.7 Å². The normalized spacial score (nSPS) is 16.4. The van der Waals surface area contributed by atoms with Gasteiger partial charge in [0.2, 0.25) is 0 Å². The maximum Gasteiger partial charge on any atom is 0.253 e. The number of benzene rings is 1. The van der Waals surface area contributed by atoms with Crippen LogP contribution >= 0.6 is 0 Å². The van der Waals surface area contributed by atoms with Crippen LogP contribution in [0.3, 0.4) is 0 Å². The molecule has 3 nitrogen and oxygen atoms in total. The van der Waals surface area contributed by atoms with Gasteiger partial charge < -0.3 is 10.2 Å². The molecule has 20 heavy (non-hydrogen) atoms. The highest BCUT2D eigenvalue weighted by molar-refractivity contribution is 5.94. The zero-order valence-electron chi connectivity index (χ0n) is 12.3. The molecule has 1 aliphatic rings. The first-order valence-corrected chi connectivity index (χ1v) is 7.40. The molecule has 1 fully saturated rings. The van der Waals surface area contributed by atoms with E-state index in [1.165, 1.54) is 12.1 Å². The maximum atomic E-state index is 13.4. The maximum absolute atomic E-state index is 13.4. The number of halogens is 1. The van der Waals surface area contributed by atoms with E-state index in [0.717, 1.165) is 44.5 Å². The van der Waals surface area contributed by atoms with Crippen LogP contribution in [0.25, 0.3) is 0 Å². The van der Waals surface area contributed by atoms with E-state index in [2.05, 4.69) is 12.2 Å². The van der Waals surface area contributed by atoms with Crippen LogP contribution < -0.4 is 5.32 Å². The van der Waals surface area contributed by atoms with Crippen LogP contribution in [0.1, 0.15) is 42.1 Å². The average Bonchev–Trinajstić information content (AvgIpc) is 2.44. The Kier molecular flexibility index (Phi) is 5.12. The third-order valence-corrected chi connectivity index (χ3v) is 3.75. The first-order valence-electron chi connectivity index (χ1n) is 7.40. The number of hydrogen-bond acceptors (Lipinski definition) is 2. The molecule has 1 aliphatic heterocycles. The van der Waals surface area contributed by atoms with Crippen LogP contribution in [0.15, 0.2) is 18.2 Å². The predicted octanol–water partition coefficient (Wildman–Crippen LogP) is 2.74. The van der Waals surface area contributed by atoms with Crippen LogP contribution in [0.5, 0.6) is 0 Å². The van der Waals surface area contributed by atoms with Crippen molar-refractivity contribution >= 4 is 5.91 Å². The van der Waals surface area contributed by atoms with Gasteiger partial charge >= 0.3 is 0 Å². The molecule has 0 atom stereocenters. The number of carbonyl (C=O) groups is 1. The van der Waals surface area contributed by atoms with E-state index in [1.54, 1.807) is 13.0 Å². The number of nitrogens with zero attached hydrogens (tertiary/aromatic N) is 1. The molecule has 1 heterocycles. The van der Waals surface area contributed by atoms with Crippen molar-refractivity contribution in [3.63, 3.8) is 0 Å². The summed E-state index contributed by atoms with van der Waals surface area (Å²) in [6.07, 6.45) is 3.07. The summed E-state index contributed by atoms with van der Waals surface area (Å²) in [6, 6.07) is 5.04. The van der Waals surface area contributed by atoms with Crippen molar-refractivity contribution in [2.75, 3.05) is 19.6 Å². The number of nitrogens with one attached hydrogen (secondary N) is 1. The highest BCUT2D eigenvalue weighted by Crippen LogP contribution is 2.16. The Balaban J connectivity index is 1.94.